The summed E-state index contributed by atoms with van der Waals surface area (Å²) in [5.74, 6) is -2.82. The van der Waals surface area contributed by atoms with E-state index in [0.29, 0.717) is 24.9 Å². The van der Waals surface area contributed by atoms with Crippen LogP contribution in [0, 0.1) is 23.7 Å². The van der Waals surface area contributed by atoms with Gasteiger partial charge in [0, 0.05) is 34.9 Å². The van der Waals surface area contributed by atoms with Crippen LogP contribution in [0.25, 0.3) is 0 Å². The van der Waals surface area contributed by atoms with E-state index >= 15 is 0 Å². The number of rotatable bonds is 20. The summed E-state index contributed by atoms with van der Waals surface area (Å²) in [5.41, 5.74) is 0.692. The molecule has 1 aliphatic heterocycles. The molecule has 1 aliphatic rings. The smallest absolute Gasteiger partial charge is 0.407 e. The van der Waals surface area contributed by atoms with Crippen molar-refractivity contribution in [2.75, 3.05) is 34.9 Å². The molecule has 0 radical (unpaired) electrons. The van der Waals surface area contributed by atoms with Crippen LogP contribution in [0.2, 0.25) is 0 Å². The fourth-order valence-corrected chi connectivity index (χ4v) is 7.70. The van der Waals surface area contributed by atoms with Gasteiger partial charge in [-0.05, 0) is 43.1 Å². The molecule has 1 heterocycles. The van der Waals surface area contributed by atoms with Crippen LogP contribution in [0.15, 0.2) is 30.3 Å². The summed E-state index contributed by atoms with van der Waals surface area (Å²) >= 11 is 0. The Hall–Kier alpha value is -3.75. The molecule has 14 nitrogen and oxygen atoms in total. The first kappa shape index (κ1) is 46.4. The first-order valence-electron chi connectivity index (χ1n) is 19.2. The van der Waals surface area contributed by atoms with Crippen molar-refractivity contribution < 1.29 is 43.7 Å². The summed E-state index contributed by atoms with van der Waals surface area (Å²) in [6.07, 6.45) is -1.45. The Labute approximate surface area is 322 Å². The van der Waals surface area contributed by atoms with E-state index < -0.39 is 60.4 Å². The van der Waals surface area contributed by atoms with Gasteiger partial charge < -0.3 is 40.1 Å². The number of aliphatic hydroxyl groups is 1. The second-order valence-electron chi connectivity index (χ2n) is 15.6. The molecule has 1 aromatic rings. The zero-order valence-electron chi connectivity index (χ0n) is 34.4. The highest BCUT2D eigenvalue weighted by Crippen LogP contribution is 2.30. The number of carbonyl (C=O) groups is 5. The molecule has 0 spiro atoms. The maximum absolute atomic E-state index is 14.2. The lowest BCUT2D eigenvalue weighted by Crippen LogP contribution is -2.60. The Morgan fingerprint density at radius 3 is 2.00 bits per heavy atom. The van der Waals surface area contributed by atoms with E-state index in [0.717, 1.165) is 11.3 Å². The molecule has 0 aliphatic carbocycles. The third-order valence-electron chi connectivity index (χ3n) is 11.1. The Kier molecular flexibility index (Phi) is 18.4. The normalized spacial score (nSPS) is 19.5. The Balaban J connectivity index is 2.27. The van der Waals surface area contributed by atoms with Crippen LogP contribution in [0.4, 0.5) is 4.79 Å². The Bertz CT molecular complexity index is 1380. The van der Waals surface area contributed by atoms with Crippen molar-refractivity contribution in [3.63, 3.8) is 0 Å². The molecule has 14 heteroatoms. The minimum Gasteiger partial charge on any atom is -0.465 e. The van der Waals surface area contributed by atoms with Gasteiger partial charge in [0.1, 0.15) is 12.1 Å². The summed E-state index contributed by atoms with van der Waals surface area (Å²) in [4.78, 5) is 71.3. The molecule has 1 saturated heterocycles. The van der Waals surface area contributed by atoms with E-state index in [4.69, 9.17) is 9.47 Å². The van der Waals surface area contributed by atoms with Gasteiger partial charge in [0.2, 0.25) is 23.6 Å². The van der Waals surface area contributed by atoms with Crippen LogP contribution in [0.3, 0.4) is 0 Å². The SMILES string of the molecule is CC[C@@H](C)[C@@H]([C@@H](CC(=O)N1CCCC1[C@H](OC)[C@@H](C)C(=O)N[C@@H](C)[C@H](O)c1ccccc1)OC)N(C)C(=O)C(NC(=O)C(C(C)C)N(C)C(=O)O)C(C)C. The second-order valence-corrected chi connectivity index (χ2v) is 15.6. The Morgan fingerprint density at radius 2 is 1.50 bits per heavy atom. The molecule has 3 unspecified atom stereocenters. The second kappa shape index (κ2) is 21.4. The number of carboxylic acid groups (broad SMARTS) is 1. The molecule has 4 N–H and O–H groups in total. The van der Waals surface area contributed by atoms with Crippen LogP contribution in [-0.4, -0.2) is 132 Å². The first-order chi connectivity index (χ1) is 25.3. The fraction of sp³-hybridized carbons (Fsp3) is 0.725. The van der Waals surface area contributed by atoms with Crippen molar-refractivity contribution in [3.05, 3.63) is 35.9 Å². The minimum atomic E-state index is -1.25. The monoisotopic (exact) mass is 761 g/mol. The van der Waals surface area contributed by atoms with E-state index in [1.54, 1.807) is 56.7 Å². The van der Waals surface area contributed by atoms with E-state index in [-0.39, 0.29) is 47.9 Å². The maximum Gasteiger partial charge on any atom is 0.407 e. The highest BCUT2D eigenvalue weighted by Gasteiger charge is 2.43. The fourth-order valence-electron chi connectivity index (χ4n) is 7.70. The molecular formula is C40H67N5O9. The number of benzene rings is 1. The van der Waals surface area contributed by atoms with Crippen LogP contribution >= 0.6 is 0 Å². The van der Waals surface area contributed by atoms with Crippen LogP contribution in [-0.2, 0) is 28.7 Å². The number of hydrogen-bond donors (Lipinski definition) is 4. The van der Waals surface area contributed by atoms with Gasteiger partial charge >= 0.3 is 6.09 Å². The molecule has 54 heavy (non-hydrogen) atoms. The minimum absolute atomic E-state index is 0.0333. The van der Waals surface area contributed by atoms with Crippen molar-refractivity contribution in [1.29, 1.82) is 0 Å². The van der Waals surface area contributed by atoms with Crippen molar-refractivity contribution in [2.24, 2.45) is 23.7 Å². The molecule has 306 valence electrons. The number of nitrogens with zero attached hydrogens (tertiary/aromatic N) is 3. The lowest BCUT2D eigenvalue weighted by atomic mass is 9.89. The summed E-state index contributed by atoms with van der Waals surface area (Å²) in [5, 5.41) is 26.2. The molecule has 1 fully saturated rings. The van der Waals surface area contributed by atoms with E-state index in [1.807, 2.05) is 45.9 Å². The summed E-state index contributed by atoms with van der Waals surface area (Å²) in [6, 6.07) is 5.67. The average Bonchev–Trinajstić information content (AvgIpc) is 3.62. The van der Waals surface area contributed by atoms with Gasteiger partial charge in [-0.25, -0.2) is 4.79 Å². The third kappa shape index (κ3) is 11.6. The van der Waals surface area contributed by atoms with E-state index in [9.17, 15) is 34.2 Å². The predicted molar refractivity (Wildman–Crippen MR) is 206 cm³/mol. The van der Waals surface area contributed by atoms with Gasteiger partial charge in [0.25, 0.3) is 0 Å². The predicted octanol–water partition coefficient (Wildman–Crippen LogP) is 3.92. The van der Waals surface area contributed by atoms with Crippen LogP contribution in [0.1, 0.15) is 92.7 Å². The first-order valence-corrected chi connectivity index (χ1v) is 19.2. The zero-order chi connectivity index (χ0) is 41.0. The van der Waals surface area contributed by atoms with E-state index in [1.165, 1.54) is 21.3 Å². The van der Waals surface area contributed by atoms with Crippen molar-refractivity contribution in [1.82, 2.24) is 25.3 Å². The van der Waals surface area contributed by atoms with Crippen molar-refractivity contribution in [2.45, 2.75) is 130 Å². The number of carbonyl (C=O) groups excluding carboxylic acids is 4. The molecule has 0 saturated carbocycles. The van der Waals surface area contributed by atoms with Crippen LogP contribution < -0.4 is 10.6 Å². The number of ether oxygens (including phenoxy) is 2. The number of hydrogen-bond acceptors (Lipinski definition) is 8. The molecule has 1 aromatic carbocycles. The molecule has 0 aromatic heterocycles. The number of aliphatic hydroxyl groups excluding tert-OH is 1. The highest BCUT2D eigenvalue weighted by atomic mass is 16.5. The van der Waals surface area contributed by atoms with Crippen LogP contribution in [0.5, 0.6) is 0 Å². The van der Waals surface area contributed by atoms with Crippen molar-refractivity contribution >= 4 is 29.7 Å². The summed E-state index contributed by atoms with van der Waals surface area (Å²) in [7, 11) is 6.02. The van der Waals surface area contributed by atoms with Gasteiger partial charge in [-0.15, -0.1) is 0 Å². The van der Waals surface area contributed by atoms with Gasteiger partial charge in [-0.2, -0.15) is 0 Å². The Morgan fingerprint density at radius 1 is 0.889 bits per heavy atom. The molecule has 2 rings (SSSR count). The summed E-state index contributed by atoms with van der Waals surface area (Å²) in [6.45, 7) is 15.1. The van der Waals surface area contributed by atoms with Crippen molar-refractivity contribution in [3.8, 4) is 0 Å². The lowest BCUT2D eigenvalue weighted by Gasteiger charge is -2.41. The quantitative estimate of drug-likeness (QED) is 0.153. The maximum atomic E-state index is 14.2. The lowest BCUT2D eigenvalue weighted by molar-refractivity contribution is -0.148. The number of amides is 5. The number of methoxy groups -OCH3 is 2. The zero-order valence-corrected chi connectivity index (χ0v) is 34.4. The number of nitrogens with one attached hydrogen (secondary N) is 2. The number of likely N-dealkylation sites (tertiary alicyclic amines) is 1. The topological polar surface area (TPSA) is 178 Å². The molecular weight excluding hydrogens is 694 g/mol. The number of likely N-dealkylation sites (N-methyl/N-ethyl adjacent to an activating group) is 2. The molecule has 5 amide bonds. The third-order valence-corrected chi connectivity index (χ3v) is 11.1. The average molecular weight is 762 g/mol. The van der Waals surface area contributed by atoms with E-state index in [2.05, 4.69) is 10.6 Å². The van der Waals surface area contributed by atoms with Gasteiger partial charge in [0.15, 0.2) is 0 Å². The highest BCUT2D eigenvalue weighted by molar-refractivity contribution is 5.91. The molecule has 10 atom stereocenters. The largest absolute Gasteiger partial charge is 0.465 e. The summed E-state index contributed by atoms with van der Waals surface area (Å²) < 4.78 is 11.9. The van der Waals surface area contributed by atoms with Gasteiger partial charge in [-0.3, -0.25) is 24.1 Å². The van der Waals surface area contributed by atoms with Gasteiger partial charge in [0.05, 0.1) is 48.8 Å². The molecule has 0 bridgehead atoms. The standard InChI is InChI=1S/C40H67N5O9/c1-13-25(6)34(43(9)39(50)32(23(2)3)42-38(49)33(24(4)5)44(10)40(51)52)30(53-11)22-31(46)45-21-17-20-29(45)36(54-12)26(7)37(48)41-27(8)35(47)28-18-15-14-16-19-28/h14-16,18-19,23-27,29-30,32-36,47H,13,17,20-22H2,1-12H3,(H,41,48)(H,42,49)(H,51,52)/t25-,26-,27+,29?,30-,32?,33?,34+,35+,36-/m1/s1. The van der Waals surface area contributed by atoms with Gasteiger partial charge in [-0.1, -0.05) is 85.2 Å².